The third-order valence-electron chi connectivity index (χ3n) is 8.05. The van der Waals surface area contributed by atoms with Gasteiger partial charge in [0.15, 0.2) is 11.7 Å². The molecule has 1 amide bonds. The number of nitro benzene ring substituents is 1. The molecule has 238 valence electrons. The van der Waals surface area contributed by atoms with E-state index in [-0.39, 0.29) is 30.3 Å². The summed E-state index contributed by atoms with van der Waals surface area (Å²) in [6.45, 7) is 3.74. The lowest BCUT2D eigenvalue weighted by Gasteiger charge is -2.28. The maximum atomic E-state index is 12.6. The fourth-order valence-electron chi connectivity index (χ4n) is 5.94. The van der Waals surface area contributed by atoms with Crippen LogP contribution in [0.1, 0.15) is 34.7 Å². The zero-order valence-corrected chi connectivity index (χ0v) is 26.7. The molecule has 0 saturated carbocycles. The van der Waals surface area contributed by atoms with Crippen molar-refractivity contribution >= 4 is 40.3 Å². The average Bonchev–Trinajstić information content (AvgIpc) is 3.58. The van der Waals surface area contributed by atoms with Gasteiger partial charge in [0.25, 0.3) is 11.6 Å². The van der Waals surface area contributed by atoms with E-state index in [1.165, 1.54) is 13.2 Å². The predicted octanol–water partition coefficient (Wildman–Crippen LogP) is 6.60. The zero-order valence-electron chi connectivity index (χ0n) is 25.9. The molecule has 2 atom stereocenters. The van der Waals surface area contributed by atoms with Crippen LogP contribution in [0.4, 0.5) is 17.1 Å². The third-order valence-corrected chi connectivity index (χ3v) is 8.36. The summed E-state index contributed by atoms with van der Waals surface area (Å²) in [5.74, 6) is 0.730. The van der Waals surface area contributed by atoms with Crippen LogP contribution in [0.5, 0.6) is 11.5 Å². The lowest BCUT2D eigenvalue weighted by Crippen LogP contribution is -2.29. The van der Waals surface area contributed by atoms with Crippen LogP contribution in [0.15, 0.2) is 103 Å². The summed E-state index contributed by atoms with van der Waals surface area (Å²) in [4.78, 5) is 31.0. The predicted molar refractivity (Wildman–Crippen MR) is 183 cm³/mol. The summed E-state index contributed by atoms with van der Waals surface area (Å²) in [5.41, 5.74) is 5.13. The van der Waals surface area contributed by atoms with Crippen LogP contribution in [-0.4, -0.2) is 39.2 Å². The molecule has 0 radical (unpaired) electrons. The number of rotatable bonds is 10. The van der Waals surface area contributed by atoms with Crippen molar-refractivity contribution in [2.75, 3.05) is 23.9 Å². The first kappa shape index (κ1) is 31.2. The van der Waals surface area contributed by atoms with E-state index in [2.05, 4.69) is 15.6 Å². The van der Waals surface area contributed by atoms with Gasteiger partial charge in [0.1, 0.15) is 17.2 Å². The molecule has 1 aliphatic heterocycles. The van der Waals surface area contributed by atoms with Gasteiger partial charge in [0.2, 0.25) is 0 Å². The molecule has 6 rings (SSSR count). The van der Waals surface area contributed by atoms with Crippen molar-refractivity contribution in [3.8, 4) is 17.2 Å². The normalized spacial score (nSPS) is 15.6. The number of methoxy groups -OCH3 is 1. The number of carbonyl (C=O) groups is 1. The molecule has 5 aromatic rings. The molecule has 11 nitrogen and oxygen atoms in total. The number of amides is 1. The van der Waals surface area contributed by atoms with Crippen molar-refractivity contribution in [3.63, 3.8) is 0 Å². The third kappa shape index (κ3) is 6.36. The summed E-state index contributed by atoms with van der Waals surface area (Å²) in [7, 11) is 1.48. The Morgan fingerprint density at radius 2 is 1.74 bits per heavy atom. The molecule has 2 N–H and O–H groups in total. The number of benzene rings is 3. The van der Waals surface area contributed by atoms with E-state index in [9.17, 15) is 14.9 Å². The summed E-state index contributed by atoms with van der Waals surface area (Å²) >= 11 is 5.91. The van der Waals surface area contributed by atoms with Gasteiger partial charge in [-0.05, 0) is 98.4 Å². The number of para-hydroxylation sites is 1. The molecule has 0 bridgehead atoms. The van der Waals surface area contributed by atoms with E-state index < -0.39 is 4.92 Å². The van der Waals surface area contributed by atoms with Crippen LogP contribution in [0.25, 0.3) is 5.69 Å². The Morgan fingerprint density at radius 3 is 2.43 bits per heavy atom. The minimum absolute atomic E-state index is 0.0669. The summed E-state index contributed by atoms with van der Waals surface area (Å²) in [6, 6.07) is 28.5. The fraction of sp³-hybridized carbons (Fsp3) is 0.171. The largest absolute Gasteiger partial charge is 0.496 e. The topological polar surface area (TPSA) is 124 Å². The Balaban J connectivity index is 1.34. The van der Waals surface area contributed by atoms with Crippen molar-refractivity contribution in [2.45, 2.75) is 25.9 Å². The highest BCUT2D eigenvalue weighted by molar-refractivity contribution is 7.80. The van der Waals surface area contributed by atoms with E-state index >= 15 is 0 Å². The van der Waals surface area contributed by atoms with Crippen molar-refractivity contribution in [1.29, 1.82) is 0 Å². The lowest BCUT2D eigenvalue weighted by atomic mass is 9.96. The number of aryl methyl sites for hydroxylation is 1. The summed E-state index contributed by atoms with van der Waals surface area (Å²) < 4.78 is 12.7. The molecule has 0 spiro atoms. The number of thiocarbonyl (C=S) groups is 1. The minimum atomic E-state index is -0.403. The average molecular weight is 649 g/mol. The molecule has 3 heterocycles. The van der Waals surface area contributed by atoms with Crippen LogP contribution in [0.2, 0.25) is 0 Å². The lowest BCUT2D eigenvalue weighted by molar-refractivity contribution is -0.384. The second-order valence-corrected chi connectivity index (χ2v) is 11.4. The van der Waals surface area contributed by atoms with Crippen molar-refractivity contribution in [2.24, 2.45) is 0 Å². The highest BCUT2D eigenvalue weighted by Crippen LogP contribution is 2.44. The zero-order chi connectivity index (χ0) is 33.1. The quantitative estimate of drug-likeness (QED) is 0.0979. The van der Waals surface area contributed by atoms with Crippen LogP contribution in [0, 0.1) is 24.0 Å². The SMILES string of the molecule is COc1ccc(-n2c(C)cc([C@H]3[C@@H](c4ccccn4)NC(=S)N3c3ccc(NC(=O)COc4ccccc4)cc3)c2C)c([N+](=O)[O-])c1. The number of carbonyl (C=O) groups excluding carboxylic acids is 1. The smallest absolute Gasteiger partial charge is 0.296 e. The minimum Gasteiger partial charge on any atom is -0.496 e. The number of nitrogens with one attached hydrogen (secondary N) is 2. The van der Waals surface area contributed by atoms with E-state index in [4.69, 9.17) is 21.7 Å². The molecule has 0 unspecified atom stereocenters. The van der Waals surface area contributed by atoms with Crippen molar-refractivity contribution < 1.29 is 19.2 Å². The number of hydrogen-bond donors (Lipinski definition) is 2. The Bertz CT molecular complexity index is 1930. The standard InChI is InChI=1S/C35H32N6O5S/c1-22-19-28(23(2)39(22)30-17-16-27(45-3)20-31(30)41(43)44)34-33(29-11-7-8-18-36-29)38-35(47)40(34)25-14-12-24(13-15-25)37-32(42)21-46-26-9-5-4-6-10-26/h4-20,33-34H,21H2,1-3H3,(H,37,42)(H,38,47)/t33-,34+/m1/s1. The number of nitro groups is 1. The first-order valence-electron chi connectivity index (χ1n) is 14.8. The number of nitrogens with zero attached hydrogens (tertiary/aromatic N) is 4. The molecule has 2 aromatic heterocycles. The molecule has 3 aromatic carbocycles. The van der Waals surface area contributed by atoms with E-state index in [0.29, 0.717) is 28.0 Å². The summed E-state index contributed by atoms with van der Waals surface area (Å²) in [5, 5.41) is 19.0. The number of anilines is 2. The van der Waals surface area contributed by atoms with Gasteiger partial charge in [-0.25, -0.2) is 0 Å². The van der Waals surface area contributed by atoms with Crippen LogP contribution in [0.3, 0.4) is 0 Å². The maximum absolute atomic E-state index is 12.6. The highest BCUT2D eigenvalue weighted by Gasteiger charge is 2.42. The van der Waals surface area contributed by atoms with Gasteiger partial charge in [0, 0.05) is 29.0 Å². The monoisotopic (exact) mass is 648 g/mol. The Morgan fingerprint density at radius 1 is 1.00 bits per heavy atom. The Kier molecular flexibility index (Phi) is 8.85. The first-order chi connectivity index (χ1) is 22.7. The van der Waals surface area contributed by atoms with Crippen LogP contribution in [-0.2, 0) is 4.79 Å². The van der Waals surface area contributed by atoms with Gasteiger partial charge in [-0.1, -0.05) is 24.3 Å². The first-order valence-corrected chi connectivity index (χ1v) is 15.3. The van der Waals surface area contributed by atoms with Crippen molar-refractivity contribution in [1.82, 2.24) is 14.9 Å². The van der Waals surface area contributed by atoms with Gasteiger partial charge < -0.3 is 29.6 Å². The van der Waals surface area contributed by atoms with Crippen molar-refractivity contribution in [3.05, 3.63) is 136 Å². The maximum Gasteiger partial charge on any atom is 0.296 e. The van der Waals surface area contributed by atoms with Gasteiger partial charge in [-0.15, -0.1) is 0 Å². The van der Waals surface area contributed by atoms with E-state index in [1.54, 1.807) is 30.5 Å². The fourth-order valence-corrected chi connectivity index (χ4v) is 6.29. The molecular weight excluding hydrogens is 616 g/mol. The highest BCUT2D eigenvalue weighted by atomic mass is 32.1. The number of hydrogen-bond acceptors (Lipinski definition) is 7. The number of aromatic nitrogens is 2. The number of pyridine rings is 1. The van der Waals surface area contributed by atoms with Gasteiger partial charge in [-0.3, -0.25) is 19.9 Å². The Hall–Kier alpha value is -5.75. The molecule has 1 fully saturated rings. The van der Waals surface area contributed by atoms with Gasteiger partial charge >= 0.3 is 0 Å². The molecular formula is C35H32N6O5S. The Labute approximate surface area is 276 Å². The molecule has 0 aliphatic carbocycles. The van der Waals surface area contributed by atoms with Gasteiger partial charge in [-0.2, -0.15) is 0 Å². The van der Waals surface area contributed by atoms with Crippen LogP contribution >= 0.6 is 12.2 Å². The van der Waals surface area contributed by atoms with Gasteiger partial charge in [0.05, 0.1) is 35.9 Å². The van der Waals surface area contributed by atoms with E-state index in [1.807, 2.05) is 90.0 Å². The number of ether oxygens (including phenoxy) is 2. The second-order valence-electron chi connectivity index (χ2n) is 11.0. The second kappa shape index (κ2) is 13.3. The molecule has 1 aliphatic rings. The molecule has 12 heteroatoms. The molecule has 47 heavy (non-hydrogen) atoms. The van der Waals surface area contributed by atoms with Crippen LogP contribution < -0.4 is 25.0 Å². The summed E-state index contributed by atoms with van der Waals surface area (Å²) in [6.07, 6.45) is 1.74. The molecule has 1 saturated heterocycles. The van der Waals surface area contributed by atoms with E-state index in [0.717, 1.165) is 28.3 Å².